The molecule has 3 N–H and O–H groups in total. The van der Waals surface area contributed by atoms with Crippen LogP contribution in [0, 0.1) is 18.3 Å². The van der Waals surface area contributed by atoms with Crippen molar-refractivity contribution in [1.82, 2.24) is 9.97 Å². The molecule has 0 aliphatic carbocycles. The van der Waals surface area contributed by atoms with E-state index in [1.54, 1.807) is 26.2 Å². The average molecular weight is 512 g/mol. The maximum absolute atomic E-state index is 14.6. The fourth-order valence-corrected chi connectivity index (χ4v) is 4.85. The Balaban J connectivity index is 1.78. The number of halogens is 2. The first-order valence-electron chi connectivity index (χ1n) is 12.0. The Hall–Kier alpha value is -3.39. The molecule has 2 aromatic carbocycles. The summed E-state index contributed by atoms with van der Waals surface area (Å²) in [7, 11) is 2.87. The number of rotatable bonds is 8. The molecule has 8 nitrogen and oxygen atoms in total. The van der Waals surface area contributed by atoms with Crippen molar-refractivity contribution in [1.29, 1.82) is 5.26 Å². The van der Waals surface area contributed by atoms with Crippen LogP contribution in [0.3, 0.4) is 0 Å². The van der Waals surface area contributed by atoms with E-state index in [1.165, 1.54) is 19.2 Å². The van der Waals surface area contributed by atoms with E-state index in [9.17, 15) is 14.0 Å². The van der Waals surface area contributed by atoms with Crippen molar-refractivity contribution < 1.29 is 23.0 Å². The van der Waals surface area contributed by atoms with Crippen LogP contribution in [0.25, 0.3) is 10.9 Å². The van der Waals surface area contributed by atoms with Gasteiger partial charge in [0.15, 0.2) is 0 Å². The number of benzene rings is 2. The second kappa shape index (κ2) is 10.5. The molecule has 1 saturated heterocycles. The van der Waals surface area contributed by atoms with Crippen molar-refractivity contribution in [3.63, 3.8) is 0 Å². The molecule has 1 fully saturated rings. The van der Waals surface area contributed by atoms with Crippen LogP contribution in [-0.4, -0.2) is 44.0 Å². The van der Waals surface area contributed by atoms with Gasteiger partial charge in [0.05, 0.1) is 28.8 Å². The smallest absolute Gasteiger partial charge is 0.296 e. The summed E-state index contributed by atoms with van der Waals surface area (Å²) in [4.78, 5) is 9.15. The second-order valence-corrected chi connectivity index (χ2v) is 9.35. The molecule has 196 valence electrons. The number of fused-ring (bicyclic) bond motifs is 1. The highest BCUT2D eigenvalue weighted by molar-refractivity contribution is 5.91. The summed E-state index contributed by atoms with van der Waals surface area (Å²) in [6.07, 6.45) is 1.22. The van der Waals surface area contributed by atoms with E-state index < -0.39 is 24.2 Å². The summed E-state index contributed by atoms with van der Waals surface area (Å²) >= 11 is 0. The molecule has 0 bridgehead atoms. The SMILES string of the molecule is COCC(F)(F)c1cc(N)cc([C@@H](C)Nc2nc(C)nc3cc(C#N)c(C4(OC)CCOCC4)cc23)c1. The summed E-state index contributed by atoms with van der Waals surface area (Å²) in [5, 5.41) is 14.0. The van der Waals surface area contributed by atoms with Crippen molar-refractivity contribution in [2.24, 2.45) is 0 Å². The fraction of sp³-hybridized carbons (Fsp3) is 0.444. The molecular weight excluding hydrogens is 480 g/mol. The van der Waals surface area contributed by atoms with E-state index in [0.717, 1.165) is 5.56 Å². The number of nitrogens with zero attached hydrogens (tertiary/aromatic N) is 3. The average Bonchev–Trinajstić information content (AvgIpc) is 2.87. The van der Waals surface area contributed by atoms with E-state index >= 15 is 0 Å². The standard InChI is InChI=1S/C27H31F2N5O3/c1-16(18-9-20(12-21(31)10-18)27(28,29)15-35-3)32-25-22-13-23(26(36-4)5-7-37-8-6-26)19(14-30)11-24(22)33-17(2)34-25/h9-13,16H,5-8,15,31H2,1-4H3,(H,32,33,34)/t16-/m1/s1. The zero-order valence-electron chi connectivity index (χ0n) is 21.4. The van der Waals surface area contributed by atoms with Crippen LogP contribution in [0.1, 0.15) is 53.9 Å². The number of aryl methyl sites for hydroxylation is 1. The van der Waals surface area contributed by atoms with Gasteiger partial charge < -0.3 is 25.3 Å². The summed E-state index contributed by atoms with van der Waals surface area (Å²) in [5.74, 6) is -2.16. The number of methoxy groups -OCH3 is 2. The highest BCUT2D eigenvalue weighted by Gasteiger charge is 2.37. The second-order valence-electron chi connectivity index (χ2n) is 9.35. The molecule has 0 spiro atoms. The van der Waals surface area contributed by atoms with Crippen molar-refractivity contribution in [3.8, 4) is 6.07 Å². The maximum Gasteiger partial charge on any atom is 0.296 e. The van der Waals surface area contributed by atoms with E-state index in [2.05, 4.69) is 21.4 Å². The number of hydrogen-bond acceptors (Lipinski definition) is 8. The van der Waals surface area contributed by atoms with Gasteiger partial charge in [-0.05, 0) is 49.7 Å². The lowest BCUT2D eigenvalue weighted by Gasteiger charge is -2.37. The molecule has 1 aromatic heterocycles. The minimum atomic E-state index is -3.18. The number of hydrogen-bond donors (Lipinski definition) is 2. The number of ether oxygens (including phenoxy) is 3. The molecular formula is C27H31F2N5O3. The highest BCUT2D eigenvalue weighted by Crippen LogP contribution is 2.40. The van der Waals surface area contributed by atoms with Crippen molar-refractivity contribution >= 4 is 22.4 Å². The number of nitrogens with one attached hydrogen (secondary N) is 1. The van der Waals surface area contributed by atoms with Gasteiger partial charge in [0, 0.05) is 62.5 Å². The normalized spacial score (nSPS) is 16.4. The van der Waals surface area contributed by atoms with Crippen LogP contribution in [0.2, 0.25) is 0 Å². The highest BCUT2D eigenvalue weighted by atomic mass is 19.3. The maximum atomic E-state index is 14.6. The van der Waals surface area contributed by atoms with Crippen LogP contribution >= 0.6 is 0 Å². The molecule has 0 amide bonds. The van der Waals surface area contributed by atoms with E-state index in [4.69, 9.17) is 19.9 Å². The Morgan fingerprint density at radius 2 is 1.92 bits per heavy atom. The zero-order valence-corrected chi connectivity index (χ0v) is 21.4. The van der Waals surface area contributed by atoms with Gasteiger partial charge in [0.25, 0.3) is 5.92 Å². The third kappa shape index (κ3) is 5.34. The number of nitriles is 1. The third-order valence-corrected chi connectivity index (χ3v) is 6.83. The number of nitrogen functional groups attached to an aromatic ring is 1. The monoisotopic (exact) mass is 511 g/mol. The number of alkyl halides is 2. The van der Waals surface area contributed by atoms with Gasteiger partial charge in [-0.1, -0.05) is 0 Å². The predicted molar refractivity (Wildman–Crippen MR) is 136 cm³/mol. The molecule has 1 aliphatic rings. The minimum Gasteiger partial charge on any atom is -0.399 e. The van der Waals surface area contributed by atoms with E-state index in [-0.39, 0.29) is 11.3 Å². The lowest BCUT2D eigenvalue weighted by Crippen LogP contribution is -2.36. The molecule has 0 radical (unpaired) electrons. The lowest BCUT2D eigenvalue weighted by atomic mass is 9.82. The molecule has 10 heteroatoms. The molecule has 2 heterocycles. The van der Waals surface area contributed by atoms with Crippen LogP contribution in [0.5, 0.6) is 0 Å². The zero-order chi connectivity index (χ0) is 26.8. The van der Waals surface area contributed by atoms with Crippen LogP contribution in [-0.2, 0) is 25.7 Å². The van der Waals surface area contributed by atoms with Crippen molar-refractivity contribution in [2.45, 2.75) is 44.3 Å². The summed E-state index contributed by atoms with van der Waals surface area (Å²) in [6.45, 7) is 3.90. The van der Waals surface area contributed by atoms with E-state index in [1.807, 2.05) is 13.0 Å². The van der Waals surface area contributed by atoms with Crippen molar-refractivity contribution in [3.05, 3.63) is 58.4 Å². The number of aromatic nitrogens is 2. The molecule has 0 unspecified atom stereocenters. The largest absolute Gasteiger partial charge is 0.399 e. The first kappa shape index (κ1) is 26.7. The van der Waals surface area contributed by atoms with Crippen LogP contribution in [0.4, 0.5) is 20.3 Å². The quantitative estimate of drug-likeness (QED) is 0.408. The first-order chi connectivity index (χ1) is 17.6. The van der Waals surface area contributed by atoms with E-state index in [0.29, 0.717) is 59.7 Å². The number of nitrogens with two attached hydrogens (primary N) is 1. The molecule has 3 aromatic rings. The van der Waals surface area contributed by atoms with Gasteiger partial charge in [-0.25, -0.2) is 9.97 Å². The molecule has 1 aliphatic heterocycles. The van der Waals surface area contributed by atoms with Crippen molar-refractivity contribution in [2.75, 3.05) is 45.1 Å². The Labute approximate surface area is 214 Å². The Morgan fingerprint density at radius 1 is 1.19 bits per heavy atom. The third-order valence-electron chi connectivity index (χ3n) is 6.83. The first-order valence-corrected chi connectivity index (χ1v) is 12.0. The molecule has 4 rings (SSSR count). The Kier molecular flexibility index (Phi) is 7.59. The summed E-state index contributed by atoms with van der Waals surface area (Å²) < 4.78 is 45.3. The van der Waals surface area contributed by atoms with Crippen LogP contribution in [0.15, 0.2) is 30.3 Å². The van der Waals surface area contributed by atoms with Gasteiger partial charge >= 0.3 is 0 Å². The predicted octanol–water partition coefficient (Wildman–Crippen LogP) is 4.96. The minimum absolute atomic E-state index is 0.218. The van der Waals surface area contributed by atoms with Gasteiger partial charge in [-0.3, -0.25) is 0 Å². The number of anilines is 2. The topological polar surface area (TPSA) is 115 Å². The Morgan fingerprint density at radius 3 is 2.57 bits per heavy atom. The Bertz CT molecular complexity index is 1340. The molecule has 0 saturated carbocycles. The van der Waals surface area contributed by atoms with Gasteiger partial charge in [-0.2, -0.15) is 14.0 Å². The van der Waals surface area contributed by atoms with Gasteiger partial charge in [0.1, 0.15) is 18.2 Å². The van der Waals surface area contributed by atoms with Gasteiger partial charge in [0.2, 0.25) is 0 Å². The molecule has 1 atom stereocenters. The van der Waals surface area contributed by atoms with Gasteiger partial charge in [-0.15, -0.1) is 0 Å². The fourth-order valence-electron chi connectivity index (χ4n) is 4.85. The summed E-state index contributed by atoms with van der Waals surface area (Å²) in [6, 6.07) is 9.85. The lowest BCUT2D eigenvalue weighted by molar-refractivity contribution is -0.0948. The van der Waals surface area contributed by atoms with Crippen LogP contribution < -0.4 is 11.1 Å². The molecule has 37 heavy (non-hydrogen) atoms. The summed E-state index contributed by atoms with van der Waals surface area (Å²) in [5.41, 5.74) is 7.72.